The van der Waals surface area contributed by atoms with Gasteiger partial charge in [-0.2, -0.15) is 0 Å². The fourth-order valence-corrected chi connectivity index (χ4v) is 3.92. The number of methoxy groups -OCH3 is 1. The Morgan fingerprint density at radius 1 is 1.14 bits per heavy atom. The van der Waals surface area contributed by atoms with Gasteiger partial charge in [-0.05, 0) is 44.0 Å². The Morgan fingerprint density at radius 2 is 1.93 bits per heavy atom. The molecule has 3 fully saturated rings. The molecule has 1 saturated carbocycles. The number of ether oxygens (including phenoxy) is 2. The molecule has 2 heterocycles. The molecule has 2 amide bonds. The van der Waals surface area contributed by atoms with E-state index in [9.17, 15) is 9.59 Å². The van der Waals surface area contributed by atoms with E-state index in [2.05, 4.69) is 10.6 Å². The van der Waals surface area contributed by atoms with Crippen LogP contribution in [0.3, 0.4) is 0 Å². The lowest BCUT2D eigenvalue weighted by Crippen LogP contribution is -2.42. The number of carbonyl (C=O) groups is 2. The van der Waals surface area contributed by atoms with Crippen molar-refractivity contribution in [1.29, 1.82) is 0 Å². The zero-order chi connectivity index (χ0) is 19.5. The van der Waals surface area contributed by atoms with Crippen molar-refractivity contribution >= 4 is 11.8 Å². The predicted molar refractivity (Wildman–Crippen MR) is 105 cm³/mol. The van der Waals surface area contributed by atoms with Gasteiger partial charge < -0.3 is 25.0 Å². The number of hydrogen-bond donors (Lipinski definition) is 2. The van der Waals surface area contributed by atoms with Gasteiger partial charge in [0, 0.05) is 44.4 Å². The number of nitrogens with one attached hydrogen (secondary N) is 2. The highest BCUT2D eigenvalue weighted by molar-refractivity contribution is 5.97. The summed E-state index contributed by atoms with van der Waals surface area (Å²) in [5.41, 5.74) is 0.503. The first-order valence-electron chi connectivity index (χ1n) is 10.3. The van der Waals surface area contributed by atoms with Crippen LogP contribution in [0.25, 0.3) is 0 Å². The van der Waals surface area contributed by atoms with Crippen molar-refractivity contribution in [3.8, 4) is 11.5 Å². The Bertz CT molecular complexity index is 720. The van der Waals surface area contributed by atoms with E-state index in [0.717, 1.165) is 58.3 Å². The fraction of sp³-hybridized carbons (Fsp3) is 0.619. The second-order valence-corrected chi connectivity index (χ2v) is 7.94. The number of rotatable bonds is 6. The van der Waals surface area contributed by atoms with Gasteiger partial charge in [0.1, 0.15) is 17.6 Å². The molecule has 0 aromatic heterocycles. The van der Waals surface area contributed by atoms with Gasteiger partial charge in [-0.3, -0.25) is 9.59 Å². The third-order valence-corrected chi connectivity index (χ3v) is 5.80. The van der Waals surface area contributed by atoms with Crippen molar-refractivity contribution < 1.29 is 19.1 Å². The number of benzene rings is 1. The maximum atomic E-state index is 12.8. The van der Waals surface area contributed by atoms with Crippen LogP contribution >= 0.6 is 0 Å². The first-order valence-corrected chi connectivity index (χ1v) is 10.3. The van der Waals surface area contributed by atoms with E-state index >= 15 is 0 Å². The van der Waals surface area contributed by atoms with E-state index in [1.54, 1.807) is 13.2 Å². The molecule has 1 atom stereocenters. The minimum atomic E-state index is -0.135. The summed E-state index contributed by atoms with van der Waals surface area (Å²) in [7, 11) is 1.59. The van der Waals surface area contributed by atoms with Crippen molar-refractivity contribution in [3.63, 3.8) is 0 Å². The van der Waals surface area contributed by atoms with Crippen LogP contribution in [0.15, 0.2) is 18.2 Å². The van der Waals surface area contributed by atoms with Crippen LogP contribution in [0.1, 0.15) is 42.5 Å². The number of nitrogens with zero attached hydrogens (tertiary/aromatic N) is 1. The predicted octanol–water partition coefficient (Wildman–Crippen LogP) is 1.57. The lowest BCUT2D eigenvalue weighted by atomic mass is 10.1. The summed E-state index contributed by atoms with van der Waals surface area (Å²) >= 11 is 0. The Balaban J connectivity index is 1.40. The second kappa shape index (κ2) is 8.39. The number of likely N-dealkylation sites (tertiary alicyclic amines) is 1. The average molecular weight is 387 g/mol. The Kier molecular flexibility index (Phi) is 5.71. The molecule has 0 bridgehead atoms. The van der Waals surface area contributed by atoms with Crippen molar-refractivity contribution in [2.75, 3.05) is 33.3 Å². The van der Waals surface area contributed by atoms with Gasteiger partial charge >= 0.3 is 0 Å². The molecule has 1 aromatic rings. The first-order chi connectivity index (χ1) is 13.6. The highest BCUT2D eigenvalue weighted by Crippen LogP contribution is 2.33. The molecule has 2 aliphatic heterocycles. The Labute approximate surface area is 165 Å². The van der Waals surface area contributed by atoms with Gasteiger partial charge in [0.2, 0.25) is 5.91 Å². The van der Waals surface area contributed by atoms with Crippen molar-refractivity contribution in [1.82, 2.24) is 15.5 Å². The van der Waals surface area contributed by atoms with Crippen LogP contribution in [-0.2, 0) is 4.79 Å². The van der Waals surface area contributed by atoms with Gasteiger partial charge in [0.05, 0.1) is 12.7 Å². The second-order valence-electron chi connectivity index (χ2n) is 7.94. The van der Waals surface area contributed by atoms with Crippen molar-refractivity contribution in [2.24, 2.45) is 5.92 Å². The summed E-state index contributed by atoms with van der Waals surface area (Å²) < 4.78 is 11.5. The summed E-state index contributed by atoms with van der Waals surface area (Å²) in [6, 6.07) is 5.50. The molecule has 7 heteroatoms. The molecule has 3 aliphatic rings. The number of hydrogen-bond acceptors (Lipinski definition) is 5. The average Bonchev–Trinajstić information content (AvgIpc) is 3.45. The number of carbonyl (C=O) groups excluding carboxylic acids is 2. The van der Waals surface area contributed by atoms with Crippen LogP contribution < -0.4 is 20.1 Å². The number of piperidine rings is 1. The van der Waals surface area contributed by atoms with E-state index in [1.807, 2.05) is 17.0 Å². The van der Waals surface area contributed by atoms with E-state index in [-0.39, 0.29) is 24.0 Å². The highest BCUT2D eigenvalue weighted by atomic mass is 16.5. The third-order valence-electron chi connectivity index (χ3n) is 5.80. The highest BCUT2D eigenvalue weighted by Gasteiger charge is 2.35. The quantitative estimate of drug-likeness (QED) is 0.775. The molecule has 7 nitrogen and oxygen atoms in total. The molecule has 2 saturated heterocycles. The van der Waals surface area contributed by atoms with Crippen LogP contribution in [0.2, 0.25) is 0 Å². The van der Waals surface area contributed by atoms with Gasteiger partial charge in [-0.25, -0.2) is 0 Å². The van der Waals surface area contributed by atoms with Crippen LogP contribution in [0.4, 0.5) is 0 Å². The topological polar surface area (TPSA) is 79.9 Å². The van der Waals surface area contributed by atoms with Crippen LogP contribution in [0.5, 0.6) is 11.5 Å². The van der Waals surface area contributed by atoms with E-state index in [1.165, 1.54) is 0 Å². The van der Waals surface area contributed by atoms with Crippen LogP contribution in [0, 0.1) is 5.92 Å². The molecule has 152 valence electrons. The Morgan fingerprint density at radius 3 is 2.57 bits per heavy atom. The van der Waals surface area contributed by atoms with Crippen molar-refractivity contribution in [3.05, 3.63) is 23.8 Å². The lowest BCUT2D eigenvalue weighted by Gasteiger charge is -2.32. The molecule has 2 N–H and O–H groups in total. The zero-order valence-corrected chi connectivity index (χ0v) is 16.4. The van der Waals surface area contributed by atoms with Gasteiger partial charge in [-0.15, -0.1) is 0 Å². The fourth-order valence-electron chi connectivity index (χ4n) is 3.92. The maximum Gasteiger partial charge on any atom is 0.255 e. The summed E-state index contributed by atoms with van der Waals surface area (Å²) in [4.78, 5) is 27.0. The van der Waals surface area contributed by atoms with E-state index in [0.29, 0.717) is 23.0 Å². The first kappa shape index (κ1) is 19.1. The summed E-state index contributed by atoms with van der Waals surface area (Å²) in [6.07, 6.45) is 4.60. The van der Waals surface area contributed by atoms with Gasteiger partial charge in [0.25, 0.3) is 5.91 Å². The molecule has 28 heavy (non-hydrogen) atoms. The SMILES string of the molecule is COc1ccc(OC2CCN(C(=O)C3CC3)CC2)c(C(=O)N[C@H]2CCNC2)c1. The molecule has 0 radical (unpaired) electrons. The lowest BCUT2D eigenvalue weighted by molar-refractivity contribution is -0.134. The summed E-state index contributed by atoms with van der Waals surface area (Å²) in [6.45, 7) is 3.17. The van der Waals surface area contributed by atoms with E-state index < -0.39 is 0 Å². The minimum absolute atomic E-state index is 0.0105. The molecular formula is C21H29N3O4. The molecule has 1 aliphatic carbocycles. The monoisotopic (exact) mass is 387 g/mol. The largest absolute Gasteiger partial charge is 0.497 e. The molecule has 0 unspecified atom stereocenters. The molecular weight excluding hydrogens is 358 g/mol. The standard InChI is InChI=1S/C21H29N3O4/c1-27-17-4-5-19(18(12-17)20(25)23-15-6-9-22-13-15)28-16-7-10-24(11-8-16)21(26)14-2-3-14/h4-5,12,14-16,22H,2-3,6-11,13H2,1H3,(H,23,25)/t15-/m0/s1. The summed E-state index contributed by atoms with van der Waals surface area (Å²) in [5, 5.41) is 6.33. The molecule has 1 aromatic carbocycles. The van der Waals surface area contributed by atoms with E-state index in [4.69, 9.17) is 9.47 Å². The minimum Gasteiger partial charge on any atom is -0.497 e. The van der Waals surface area contributed by atoms with Crippen LogP contribution in [-0.4, -0.2) is 62.1 Å². The normalized spacial score (nSPS) is 22.8. The smallest absolute Gasteiger partial charge is 0.255 e. The Hall–Kier alpha value is -2.28. The molecule has 0 spiro atoms. The van der Waals surface area contributed by atoms with Gasteiger partial charge in [0.15, 0.2) is 0 Å². The third kappa shape index (κ3) is 4.41. The number of amides is 2. The zero-order valence-electron chi connectivity index (χ0n) is 16.4. The molecule has 4 rings (SSSR count). The maximum absolute atomic E-state index is 12.8. The summed E-state index contributed by atoms with van der Waals surface area (Å²) in [5.74, 6) is 1.64. The van der Waals surface area contributed by atoms with Gasteiger partial charge in [-0.1, -0.05) is 0 Å². The van der Waals surface area contributed by atoms with Crippen molar-refractivity contribution in [2.45, 2.75) is 44.2 Å².